The van der Waals surface area contributed by atoms with Crippen LogP contribution in [0.25, 0.3) is 11.4 Å². The first-order chi connectivity index (χ1) is 9.78. The zero-order chi connectivity index (χ0) is 13.9. The highest BCUT2D eigenvalue weighted by Crippen LogP contribution is 2.26. The van der Waals surface area contributed by atoms with Crippen molar-refractivity contribution in [3.63, 3.8) is 0 Å². The molecule has 6 heteroatoms. The predicted octanol–water partition coefficient (Wildman–Crippen LogP) is 2.28. The van der Waals surface area contributed by atoms with Gasteiger partial charge in [-0.15, -0.1) is 5.10 Å². The van der Waals surface area contributed by atoms with Crippen LogP contribution in [-0.4, -0.2) is 41.9 Å². The van der Waals surface area contributed by atoms with Gasteiger partial charge < -0.3 is 10.2 Å². The van der Waals surface area contributed by atoms with Crippen LogP contribution in [0, 0.1) is 12.8 Å². The first-order valence-corrected chi connectivity index (χ1v) is 8.07. The Morgan fingerprint density at radius 1 is 1.50 bits per heavy atom. The van der Waals surface area contributed by atoms with Gasteiger partial charge in [-0.05, 0) is 50.2 Å². The molecule has 0 bridgehead atoms. The zero-order valence-corrected chi connectivity index (χ0v) is 12.8. The minimum absolute atomic E-state index is 0.693. The second kappa shape index (κ2) is 5.93. The van der Waals surface area contributed by atoms with Crippen molar-refractivity contribution in [3.05, 3.63) is 16.3 Å². The maximum atomic E-state index is 4.68. The van der Waals surface area contributed by atoms with Crippen LogP contribution in [0.3, 0.4) is 0 Å². The summed E-state index contributed by atoms with van der Waals surface area (Å²) in [5, 5.41) is 15.0. The van der Waals surface area contributed by atoms with E-state index in [4.69, 9.17) is 0 Å². The standard InChI is InChI=1S/C14H21N5S/c1-10-8-20-9-12(10)13-16-14(18-17-13)19-5-3-4-11(7-19)6-15-2/h8-9,11,15H,3-7H2,1-2H3,(H,16,17,18). The summed E-state index contributed by atoms with van der Waals surface area (Å²) < 4.78 is 0. The van der Waals surface area contributed by atoms with E-state index >= 15 is 0 Å². The number of thiophene rings is 1. The Kier molecular flexibility index (Phi) is 4.03. The van der Waals surface area contributed by atoms with Gasteiger partial charge in [0, 0.05) is 24.0 Å². The molecule has 1 unspecified atom stereocenters. The number of rotatable bonds is 4. The van der Waals surface area contributed by atoms with Gasteiger partial charge >= 0.3 is 0 Å². The highest BCUT2D eigenvalue weighted by molar-refractivity contribution is 7.08. The van der Waals surface area contributed by atoms with Crippen LogP contribution >= 0.6 is 11.3 Å². The van der Waals surface area contributed by atoms with E-state index in [1.807, 2.05) is 7.05 Å². The van der Waals surface area contributed by atoms with Gasteiger partial charge in [0.15, 0.2) is 5.82 Å². The summed E-state index contributed by atoms with van der Waals surface area (Å²) in [6.45, 7) is 5.27. The molecule has 2 aromatic heterocycles. The van der Waals surface area contributed by atoms with E-state index in [-0.39, 0.29) is 0 Å². The van der Waals surface area contributed by atoms with E-state index in [9.17, 15) is 0 Å². The Morgan fingerprint density at radius 2 is 2.40 bits per heavy atom. The molecule has 1 saturated heterocycles. The molecule has 1 aliphatic rings. The third-order valence-corrected chi connectivity index (χ3v) is 4.74. The summed E-state index contributed by atoms with van der Waals surface area (Å²) >= 11 is 1.70. The van der Waals surface area contributed by atoms with Gasteiger partial charge in [-0.3, -0.25) is 5.10 Å². The summed E-state index contributed by atoms with van der Waals surface area (Å²) in [6, 6.07) is 0. The molecular formula is C14H21N5S. The Bertz CT molecular complexity index is 559. The number of aromatic nitrogens is 3. The highest BCUT2D eigenvalue weighted by Gasteiger charge is 2.22. The average molecular weight is 291 g/mol. The lowest BCUT2D eigenvalue weighted by Gasteiger charge is -2.31. The van der Waals surface area contributed by atoms with E-state index in [1.54, 1.807) is 11.3 Å². The molecule has 108 valence electrons. The molecule has 1 fully saturated rings. The molecule has 20 heavy (non-hydrogen) atoms. The van der Waals surface area contributed by atoms with E-state index in [0.717, 1.165) is 37.0 Å². The van der Waals surface area contributed by atoms with Gasteiger partial charge in [-0.2, -0.15) is 16.3 Å². The van der Waals surface area contributed by atoms with Crippen molar-refractivity contribution in [1.29, 1.82) is 0 Å². The van der Waals surface area contributed by atoms with Crippen molar-refractivity contribution in [2.75, 3.05) is 31.6 Å². The van der Waals surface area contributed by atoms with Crippen LogP contribution in [0.2, 0.25) is 0 Å². The molecule has 0 spiro atoms. The molecule has 2 aromatic rings. The Hall–Kier alpha value is -1.40. The monoisotopic (exact) mass is 291 g/mol. The maximum Gasteiger partial charge on any atom is 0.245 e. The molecule has 3 rings (SSSR count). The number of aromatic amines is 1. The first kappa shape index (κ1) is 13.6. The number of H-pyrrole nitrogens is 1. The third kappa shape index (κ3) is 2.71. The van der Waals surface area contributed by atoms with Crippen molar-refractivity contribution < 1.29 is 0 Å². The lowest BCUT2D eigenvalue weighted by atomic mass is 9.98. The van der Waals surface area contributed by atoms with Crippen LogP contribution in [0.15, 0.2) is 10.8 Å². The van der Waals surface area contributed by atoms with Crippen molar-refractivity contribution in [2.24, 2.45) is 5.92 Å². The summed E-state index contributed by atoms with van der Waals surface area (Å²) in [6.07, 6.45) is 2.51. The lowest BCUT2D eigenvalue weighted by Crippen LogP contribution is -2.39. The quantitative estimate of drug-likeness (QED) is 0.907. The van der Waals surface area contributed by atoms with Gasteiger partial charge in [0.25, 0.3) is 0 Å². The normalized spacial score (nSPS) is 19.5. The summed E-state index contributed by atoms with van der Waals surface area (Å²) in [5.74, 6) is 2.42. The minimum Gasteiger partial charge on any atom is -0.339 e. The molecule has 5 nitrogen and oxygen atoms in total. The van der Waals surface area contributed by atoms with Gasteiger partial charge in [-0.1, -0.05) is 0 Å². The number of nitrogens with zero attached hydrogens (tertiary/aromatic N) is 3. The van der Waals surface area contributed by atoms with Crippen LogP contribution in [0.5, 0.6) is 0 Å². The van der Waals surface area contributed by atoms with Crippen molar-refractivity contribution in [2.45, 2.75) is 19.8 Å². The summed E-state index contributed by atoms with van der Waals surface area (Å²) in [5.41, 5.74) is 2.42. The lowest BCUT2D eigenvalue weighted by molar-refractivity contribution is 0.399. The van der Waals surface area contributed by atoms with Gasteiger partial charge in [0.05, 0.1) is 0 Å². The summed E-state index contributed by atoms with van der Waals surface area (Å²) in [7, 11) is 2.02. The minimum atomic E-state index is 0.693. The van der Waals surface area contributed by atoms with Crippen molar-refractivity contribution in [1.82, 2.24) is 20.5 Å². The molecule has 3 heterocycles. The predicted molar refractivity (Wildman–Crippen MR) is 83.3 cm³/mol. The molecule has 1 atom stereocenters. The molecular weight excluding hydrogens is 270 g/mol. The smallest absolute Gasteiger partial charge is 0.245 e. The number of nitrogens with one attached hydrogen (secondary N) is 2. The fourth-order valence-electron chi connectivity index (χ4n) is 2.82. The number of hydrogen-bond donors (Lipinski definition) is 2. The highest BCUT2D eigenvalue weighted by atomic mass is 32.1. The van der Waals surface area contributed by atoms with Crippen LogP contribution in [0.4, 0.5) is 5.95 Å². The SMILES string of the molecule is CNCC1CCCN(c2n[nH]c(-c3cscc3C)n2)C1. The molecule has 0 amide bonds. The Labute approximate surface area is 123 Å². The van der Waals surface area contributed by atoms with Crippen LogP contribution in [0.1, 0.15) is 18.4 Å². The maximum absolute atomic E-state index is 4.68. The van der Waals surface area contributed by atoms with Crippen molar-refractivity contribution >= 4 is 17.3 Å². The van der Waals surface area contributed by atoms with E-state index < -0.39 is 0 Å². The van der Waals surface area contributed by atoms with E-state index in [1.165, 1.54) is 18.4 Å². The Morgan fingerprint density at radius 3 is 3.15 bits per heavy atom. The van der Waals surface area contributed by atoms with Gasteiger partial charge in [0.1, 0.15) is 0 Å². The number of anilines is 1. The molecule has 1 aliphatic heterocycles. The third-order valence-electron chi connectivity index (χ3n) is 3.88. The molecule has 0 radical (unpaired) electrons. The number of hydrogen-bond acceptors (Lipinski definition) is 5. The Balaban J connectivity index is 1.75. The first-order valence-electron chi connectivity index (χ1n) is 7.13. The number of piperidine rings is 1. The van der Waals surface area contributed by atoms with E-state index in [0.29, 0.717) is 5.92 Å². The fraction of sp³-hybridized carbons (Fsp3) is 0.571. The van der Waals surface area contributed by atoms with Crippen LogP contribution in [-0.2, 0) is 0 Å². The second-order valence-electron chi connectivity index (χ2n) is 5.46. The van der Waals surface area contributed by atoms with E-state index in [2.05, 4.69) is 43.1 Å². The zero-order valence-electron chi connectivity index (χ0n) is 12.0. The second-order valence-corrected chi connectivity index (χ2v) is 6.21. The van der Waals surface area contributed by atoms with Gasteiger partial charge in [-0.25, -0.2) is 0 Å². The number of aryl methyl sites for hydroxylation is 1. The molecule has 2 N–H and O–H groups in total. The van der Waals surface area contributed by atoms with Crippen LogP contribution < -0.4 is 10.2 Å². The molecule has 0 aromatic carbocycles. The molecule has 0 saturated carbocycles. The fourth-order valence-corrected chi connectivity index (χ4v) is 3.65. The molecule has 0 aliphatic carbocycles. The van der Waals surface area contributed by atoms with Gasteiger partial charge in [0.2, 0.25) is 5.95 Å². The average Bonchev–Trinajstić information content (AvgIpc) is 3.08. The van der Waals surface area contributed by atoms with Crippen molar-refractivity contribution in [3.8, 4) is 11.4 Å². The summed E-state index contributed by atoms with van der Waals surface area (Å²) in [4.78, 5) is 6.98. The largest absolute Gasteiger partial charge is 0.339 e. The topological polar surface area (TPSA) is 56.8 Å².